The van der Waals surface area contributed by atoms with Gasteiger partial charge in [-0.25, -0.2) is 13.8 Å². The molecule has 3 fully saturated rings. The molecule has 7 heterocycles. The third-order valence-electron chi connectivity index (χ3n) is 9.63. The van der Waals surface area contributed by atoms with Gasteiger partial charge in [0.2, 0.25) is 5.95 Å². The van der Waals surface area contributed by atoms with E-state index in [4.69, 9.17) is 20.4 Å². The third kappa shape index (κ3) is 4.15. The Bertz CT molecular complexity index is 1860. The lowest BCUT2D eigenvalue weighted by Gasteiger charge is -2.37. The van der Waals surface area contributed by atoms with E-state index in [0.717, 1.165) is 80.9 Å². The zero-order valence-corrected chi connectivity index (χ0v) is 25.5. The number of halogens is 2. The number of nitrogen functional groups attached to an aromatic ring is 1. The number of nitriles is 1. The molecule has 2 bridgehead atoms. The van der Waals surface area contributed by atoms with Gasteiger partial charge >= 0.3 is 0 Å². The number of hydrogen-bond acceptors (Lipinski definition) is 11. The SMILES string of the molecule is CN(C)C[C@H]1CCN(c2nc(N3C4CCC3CNC4)c3c4c(c(-c5ncc(F)c6sc(N)c(C#N)c56)c(F)c3n2)COC4)C1. The summed E-state index contributed by atoms with van der Waals surface area (Å²) in [4.78, 5) is 21.3. The van der Waals surface area contributed by atoms with Gasteiger partial charge in [0.25, 0.3) is 0 Å². The Labute approximate surface area is 257 Å². The van der Waals surface area contributed by atoms with Crippen LogP contribution in [0.2, 0.25) is 0 Å². The van der Waals surface area contributed by atoms with Crippen molar-refractivity contribution >= 4 is 49.1 Å². The average Bonchev–Trinajstić information content (AvgIpc) is 3.79. The molecule has 8 rings (SSSR count). The van der Waals surface area contributed by atoms with Crippen LogP contribution in [-0.4, -0.2) is 78.8 Å². The Morgan fingerprint density at radius 2 is 1.91 bits per heavy atom. The molecule has 3 aromatic heterocycles. The number of ether oxygens (including phenoxy) is 1. The third-order valence-corrected chi connectivity index (χ3v) is 10.7. The Morgan fingerprint density at radius 1 is 1.14 bits per heavy atom. The molecule has 44 heavy (non-hydrogen) atoms. The van der Waals surface area contributed by atoms with Crippen molar-refractivity contribution in [3.8, 4) is 17.3 Å². The van der Waals surface area contributed by atoms with Gasteiger partial charge in [0.15, 0.2) is 11.6 Å². The topological polar surface area (TPSA) is 119 Å². The van der Waals surface area contributed by atoms with Crippen molar-refractivity contribution in [2.75, 3.05) is 62.4 Å². The summed E-state index contributed by atoms with van der Waals surface area (Å²) in [5, 5.41) is 14.6. The van der Waals surface area contributed by atoms with Crippen molar-refractivity contribution in [1.29, 1.82) is 5.26 Å². The van der Waals surface area contributed by atoms with Gasteiger partial charge in [0.1, 0.15) is 22.4 Å². The summed E-state index contributed by atoms with van der Waals surface area (Å²) in [7, 11) is 4.15. The summed E-state index contributed by atoms with van der Waals surface area (Å²) in [5.41, 5.74) is 8.27. The quantitative estimate of drug-likeness (QED) is 0.340. The monoisotopic (exact) mass is 617 g/mol. The zero-order chi connectivity index (χ0) is 30.3. The molecular formula is C31H33F2N9OS. The van der Waals surface area contributed by atoms with Crippen molar-refractivity contribution < 1.29 is 13.5 Å². The summed E-state index contributed by atoms with van der Waals surface area (Å²) in [6.45, 7) is 4.66. The number of aromatic nitrogens is 3. The number of nitrogens with zero attached hydrogens (tertiary/aromatic N) is 7. The molecule has 228 valence electrons. The Hall–Kier alpha value is -3.70. The largest absolute Gasteiger partial charge is 0.389 e. The van der Waals surface area contributed by atoms with Gasteiger partial charge in [-0.05, 0) is 50.4 Å². The van der Waals surface area contributed by atoms with Gasteiger partial charge in [-0.2, -0.15) is 10.2 Å². The van der Waals surface area contributed by atoms with Crippen LogP contribution in [0.1, 0.15) is 36.0 Å². The van der Waals surface area contributed by atoms with E-state index in [1.165, 1.54) is 0 Å². The number of nitrogens with one attached hydrogen (secondary N) is 1. The first-order chi connectivity index (χ1) is 21.3. The van der Waals surface area contributed by atoms with Crippen LogP contribution < -0.4 is 20.9 Å². The van der Waals surface area contributed by atoms with E-state index in [1.54, 1.807) is 0 Å². The minimum Gasteiger partial charge on any atom is -0.389 e. The Morgan fingerprint density at radius 3 is 2.66 bits per heavy atom. The molecule has 0 saturated carbocycles. The highest BCUT2D eigenvalue weighted by Crippen LogP contribution is 2.48. The summed E-state index contributed by atoms with van der Waals surface area (Å²) in [5.74, 6) is 0.581. The molecule has 4 aliphatic rings. The molecule has 2 unspecified atom stereocenters. The zero-order valence-electron chi connectivity index (χ0n) is 24.7. The lowest BCUT2D eigenvalue weighted by Crippen LogP contribution is -2.52. The predicted octanol–water partition coefficient (Wildman–Crippen LogP) is 4.00. The van der Waals surface area contributed by atoms with Crippen molar-refractivity contribution in [3.63, 3.8) is 0 Å². The predicted molar refractivity (Wildman–Crippen MR) is 167 cm³/mol. The molecule has 1 aromatic carbocycles. The highest BCUT2D eigenvalue weighted by molar-refractivity contribution is 7.23. The number of nitrogens with two attached hydrogens (primary N) is 1. The van der Waals surface area contributed by atoms with Crippen LogP contribution in [0.15, 0.2) is 6.20 Å². The highest BCUT2D eigenvalue weighted by atomic mass is 32.1. The number of hydrogen-bond donors (Lipinski definition) is 2. The van der Waals surface area contributed by atoms with E-state index in [1.807, 2.05) is 0 Å². The van der Waals surface area contributed by atoms with E-state index >= 15 is 4.39 Å². The van der Waals surface area contributed by atoms with Gasteiger partial charge in [0.05, 0.1) is 40.8 Å². The van der Waals surface area contributed by atoms with Crippen LogP contribution >= 0.6 is 11.3 Å². The van der Waals surface area contributed by atoms with E-state index in [9.17, 15) is 9.65 Å². The van der Waals surface area contributed by atoms with Crippen molar-refractivity contribution in [2.24, 2.45) is 5.92 Å². The van der Waals surface area contributed by atoms with Gasteiger partial charge < -0.3 is 30.5 Å². The molecule has 10 nitrogen and oxygen atoms in total. The Balaban J connectivity index is 1.40. The van der Waals surface area contributed by atoms with Gasteiger partial charge in [-0.1, -0.05) is 0 Å². The maximum atomic E-state index is 17.3. The lowest BCUT2D eigenvalue weighted by atomic mass is 9.93. The molecule has 0 spiro atoms. The number of rotatable bonds is 5. The fourth-order valence-corrected chi connectivity index (χ4v) is 8.69. The van der Waals surface area contributed by atoms with Crippen LogP contribution in [0.4, 0.5) is 25.5 Å². The van der Waals surface area contributed by atoms with E-state index in [2.05, 4.69) is 45.2 Å². The van der Waals surface area contributed by atoms with Gasteiger partial charge in [0, 0.05) is 55.8 Å². The van der Waals surface area contributed by atoms with Crippen LogP contribution in [0.3, 0.4) is 0 Å². The second kappa shape index (κ2) is 10.4. The maximum Gasteiger partial charge on any atom is 0.228 e. The van der Waals surface area contributed by atoms with Crippen LogP contribution in [0.5, 0.6) is 0 Å². The molecule has 4 aliphatic heterocycles. The van der Waals surface area contributed by atoms with Crippen molar-refractivity contribution in [2.45, 2.75) is 44.6 Å². The summed E-state index contributed by atoms with van der Waals surface area (Å²) >= 11 is 0.972. The second-order valence-electron chi connectivity index (χ2n) is 12.6. The first kappa shape index (κ1) is 27.8. The number of pyridine rings is 1. The van der Waals surface area contributed by atoms with Gasteiger partial charge in [-0.3, -0.25) is 4.98 Å². The van der Waals surface area contributed by atoms with E-state index in [0.29, 0.717) is 22.8 Å². The molecule has 4 aromatic rings. The molecular weight excluding hydrogens is 584 g/mol. The first-order valence-corrected chi connectivity index (χ1v) is 15.9. The fraction of sp³-hybridized carbons (Fsp3) is 0.484. The molecule has 3 N–H and O–H groups in total. The Kier molecular flexibility index (Phi) is 6.60. The summed E-state index contributed by atoms with van der Waals surface area (Å²) in [6.07, 6.45) is 4.17. The van der Waals surface area contributed by atoms with Crippen molar-refractivity contribution in [3.05, 3.63) is 34.5 Å². The molecule has 0 amide bonds. The van der Waals surface area contributed by atoms with Crippen LogP contribution in [-0.2, 0) is 18.0 Å². The van der Waals surface area contributed by atoms with E-state index < -0.39 is 11.6 Å². The normalized spacial score (nSPS) is 23.0. The molecule has 3 saturated heterocycles. The smallest absolute Gasteiger partial charge is 0.228 e. The van der Waals surface area contributed by atoms with E-state index in [-0.39, 0.29) is 62.7 Å². The van der Waals surface area contributed by atoms with Crippen LogP contribution in [0, 0.1) is 28.9 Å². The maximum absolute atomic E-state index is 17.3. The summed E-state index contributed by atoms with van der Waals surface area (Å²) in [6, 6.07) is 2.60. The number of anilines is 3. The van der Waals surface area contributed by atoms with Crippen molar-refractivity contribution in [1.82, 2.24) is 25.2 Å². The van der Waals surface area contributed by atoms with Gasteiger partial charge in [-0.15, -0.1) is 11.3 Å². The highest BCUT2D eigenvalue weighted by Gasteiger charge is 2.41. The number of piperazine rings is 1. The molecule has 0 radical (unpaired) electrons. The minimum absolute atomic E-state index is 0.102. The minimum atomic E-state index is -0.599. The average molecular weight is 618 g/mol. The molecule has 0 aliphatic carbocycles. The molecule has 13 heteroatoms. The standard InChI is InChI=1S/C31H33F2N9OS/c1-40(2)11-15-5-6-41(12-15)31-38-27-24(30(39-31)42-16-3-4-17(42)9-36-8-16)20-14-43-13-19(20)22(25(27)33)26-23-18(7-34)29(35)44-28(23)21(32)10-37-26/h10,15-17,36H,3-6,8-9,11-14,35H2,1-2H3/t15-,16?,17?/m1/s1. The number of benzene rings is 1. The lowest BCUT2D eigenvalue weighted by molar-refractivity contribution is 0.135. The van der Waals surface area contributed by atoms with Crippen LogP contribution in [0.25, 0.3) is 32.2 Å². The summed E-state index contributed by atoms with van der Waals surface area (Å²) < 4.78 is 38.4. The number of fused-ring (bicyclic) bond motifs is 6. The second-order valence-corrected chi connectivity index (χ2v) is 13.7. The first-order valence-electron chi connectivity index (χ1n) is 15.1. The fourth-order valence-electron chi connectivity index (χ4n) is 7.77. The number of thiophene rings is 1. The molecule has 3 atom stereocenters.